The summed E-state index contributed by atoms with van der Waals surface area (Å²) >= 11 is 0. The number of amides is 2. The maximum Gasteiger partial charge on any atom is 0.242 e. The van der Waals surface area contributed by atoms with Gasteiger partial charge in [-0.3, -0.25) is 14.5 Å². The van der Waals surface area contributed by atoms with E-state index in [1.807, 2.05) is 26.0 Å². The molecule has 26 heavy (non-hydrogen) atoms. The number of likely N-dealkylation sites (tertiary alicyclic amines) is 1. The number of methoxy groups -OCH3 is 1. The Kier molecular flexibility index (Phi) is 7.45. The van der Waals surface area contributed by atoms with E-state index < -0.39 is 6.04 Å². The van der Waals surface area contributed by atoms with E-state index in [9.17, 15) is 9.59 Å². The molecule has 0 saturated carbocycles. The number of rotatable bonds is 8. The van der Waals surface area contributed by atoms with E-state index in [4.69, 9.17) is 4.74 Å². The minimum atomic E-state index is -0.511. The number of nitrogens with zero attached hydrogens (tertiary/aromatic N) is 1. The van der Waals surface area contributed by atoms with E-state index in [-0.39, 0.29) is 23.8 Å². The molecule has 0 aliphatic carbocycles. The zero-order chi connectivity index (χ0) is 19.1. The maximum absolute atomic E-state index is 12.6. The van der Waals surface area contributed by atoms with Crippen LogP contribution < -0.4 is 15.4 Å². The average Bonchev–Trinajstić information content (AvgIpc) is 3.14. The van der Waals surface area contributed by atoms with E-state index in [1.54, 1.807) is 7.11 Å². The first kappa shape index (κ1) is 20.2. The predicted molar refractivity (Wildman–Crippen MR) is 102 cm³/mol. The molecule has 2 N–H and O–H groups in total. The number of hydrogen-bond acceptors (Lipinski definition) is 4. The molecule has 0 aromatic heterocycles. The first-order chi connectivity index (χ1) is 12.4. The third-order valence-electron chi connectivity index (χ3n) is 4.86. The number of ether oxygens (including phenoxy) is 1. The Labute approximate surface area is 156 Å². The van der Waals surface area contributed by atoms with Gasteiger partial charge in [0.25, 0.3) is 0 Å². The molecule has 0 spiro atoms. The SMILES string of the molecule is COc1ccc(C(CNC(=O)C(NC(C)=O)C(C)C)N2CCCC2)cc1. The summed E-state index contributed by atoms with van der Waals surface area (Å²) in [6.07, 6.45) is 2.36. The zero-order valence-corrected chi connectivity index (χ0v) is 16.2. The van der Waals surface area contributed by atoms with Crippen molar-refractivity contribution in [1.29, 1.82) is 0 Å². The largest absolute Gasteiger partial charge is 0.497 e. The summed E-state index contributed by atoms with van der Waals surface area (Å²) in [5.74, 6) is 0.534. The van der Waals surface area contributed by atoms with Gasteiger partial charge in [-0.25, -0.2) is 0 Å². The van der Waals surface area contributed by atoms with E-state index >= 15 is 0 Å². The Morgan fingerprint density at radius 3 is 2.27 bits per heavy atom. The second kappa shape index (κ2) is 9.57. The van der Waals surface area contributed by atoms with Gasteiger partial charge in [0.2, 0.25) is 11.8 Å². The molecule has 0 bridgehead atoms. The summed E-state index contributed by atoms with van der Waals surface area (Å²) in [6.45, 7) is 7.89. The van der Waals surface area contributed by atoms with Gasteiger partial charge < -0.3 is 15.4 Å². The minimum absolute atomic E-state index is 0.0325. The summed E-state index contributed by atoms with van der Waals surface area (Å²) in [5.41, 5.74) is 1.16. The molecule has 2 atom stereocenters. The Morgan fingerprint density at radius 2 is 1.77 bits per heavy atom. The van der Waals surface area contributed by atoms with Crippen LogP contribution in [-0.2, 0) is 9.59 Å². The monoisotopic (exact) mass is 361 g/mol. The summed E-state index contributed by atoms with van der Waals surface area (Å²) in [5, 5.41) is 5.79. The van der Waals surface area contributed by atoms with Crippen molar-refractivity contribution in [1.82, 2.24) is 15.5 Å². The molecule has 6 heteroatoms. The quantitative estimate of drug-likeness (QED) is 0.744. The molecular weight excluding hydrogens is 330 g/mol. The van der Waals surface area contributed by atoms with Crippen molar-refractivity contribution in [2.24, 2.45) is 5.92 Å². The van der Waals surface area contributed by atoms with E-state index in [0.29, 0.717) is 6.54 Å². The van der Waals surface area contributed by atoms with Crippen LogP contribution in [0, 0.1) is 5.92 Å². The number of carbonyl (C=O) groups excluding carboxylic acids is 2. The number of nitrogens with one attached hydrogen (secondary N) is 2. The molecule has 2 amide bonds. The molecule has 0 radical (unpaired) electrons. The van der Waals surface area contributed by atoms with Gasteiger partial charge in [-0.15, -0.1) is 0 Å². The van der Waals surface area contributed by atoms with Crippen molar-refractivity contribution in [3.63, 3.8) is 0 Å². The predicted octanol–water partition coefficient (Wildman–Crippen LogP) is 2.11. The molecule has 1 aliphatic rings. The van der Waals surface area contributed by atoms with Gasteiger partial charge in [0.1, 0.15) is 11.8 Å². The Hall–Kier alpha value is -2.08. The topological polar surface area (TPSA) is 70.7 Å². The molecule has 2 unspecified atom stereocenters. The average molecular weight is 361 g/mol. The van der Waals surface area contributed by atoms with Crippen molar-refractivity contribution in [2.45, 2.75) is 45.7 Å². The molecule has 1 aromatic rings. The van der Waals surface area contributed by atoms with Gasteiger partial charge in [0.05, 0.1) is 13.2 Å². The number of benzene rings is 1. The van der Waals surface area contributed by atoms with E-state index in [2.05, 4.69) is 27.7 Å². The Balaban J connectivity index is 2.08. The summed E-state index contributed by atoms with van der Waals surface area (Å²) in [7, 11) is 1.65. The smallest absolute Gasteiger partial charge is 0.242 e. The second-order valence-corrected chi connectivity index (χ2v) is 7.20. The van der Waals surface area contributed by atoms with Crippen LogP contribution in [0.3, 0.4) is 0 Å². The molecule has 1 saturated heterocycles. The van der Waals surface area contributed by atoms with Crippen LogP contribution in [0.5, 0.6) is 5.75 Å². The minimum Gasteiger partial charge on any atom is -0.497 e. The molecule has 1 aliphatic heterocycles. The van der Waals surface area contributed by atoms with Gasteiger partial charge in [-0.1, -0.05) is 26.0 Å². The van der Waals surface area contributed by atoms with Crippen LogP contribution in [0.1, 0.15) is 45.2 Å². The van der Waals surface area contributed by atoms with Crippen LogP contribution in [-0.4, -0.2) is 49.5 Å². The molecule has 1 aromatic carbocycles. The van der Waals surface area contributed by atoms with Crippen molar-refractivity contribution in [2.75, 3.05) is 26.7 Å². The fourth-order valence-corrected chi connectivity index (χ4v) is 3.40. The highest BCUT2D eigenvalue weighted by atomic mass is 16.5. The van der Waals surface area contributed by atoms with Crippen molar-refractivity contribution in [3.05, 3.63) is 29.8 Å². The zero-order valence-electron chi connectivity index (χ0n) is 16.2. The van der Waals surface area contributed by atoms with Crippen LogP contribution in [0.15, 0.2) is 24.3 Å². The normalized spacial score (nSPS) is 17.0. The van der Waals surface area contributed by atoms with Crippen molar-refractivity contribution in [3.8, 4) is 5.75 Å². The van der Waals surface area contributed by atoms with Crippen molar-refractivity contribution >= 4 is 11.8 Å². The van der Waals surface area contributed by atoms with Crippen molar-refractivity contribution < 1.29 is 14.3 Å². The molecule has 6 nitrogen and oxygen atoms in total. The third kappa shape index (κ3) is 5.46. The molecule has 1 fully saturated rings. The van der Waals surface area contributed by atoms with Crippen LogP contribution >= 0.6 is 0 Å². The maximum atomic E-state index is 12.6. The van der Waals surface area contributed by atoms with E-state index in [1.165, 1.54) is 19.8 Å². The fourth-order valence-electron chi connectivity index (χ4n) is 3.40. The summed E-state index contributed by atoms with van der Waals surface area (Å²) in [4.78, 5) is 26.4. The summed E-state index contributed by atoms with van der Waals surface area (Å²) in [6, 6.07) is 7.63. The van der Waals surface area contributed by atoms with Gasteiger partial charge in [0.15, 0.2) is 0 Å². The highest BCUT2D eigenvalue weighted by molar-refractivity contribution is 5.87. The number of hydrogen-bond donors (Lipinski definition) is 2. The lowest BCUT2D eigenvalue weighted by Gasteiger charge is -2.29. The highest BCUT2D eigenvalue weighted by Crippen LogP contribution is 2.26. The van der Waals surface area contributed by atoms with Gasteiger partial charge in [-0.05, 0) is 49.5 Å². The lowest BCUT2D eigenvalue weighted by atomic mass is 10.0. The highest BCUT2D eigenvalue weighted by Gasteiger charge is 2.27. The lowest BCUT2D eigenvalue weighted by molar-refractivity contribution is -0.129. The first-order valence-electron chi connectivity index (χ1n) is 9.35. The van der Waals surface area contributed by atoms with Crippen LogP contribution in [0.25, 0.3) is 0 Å². The van der Waals surface area contributed by atoms with Crippen LogP contribution in [0.4, 0.5) is 0 Å². The third-order valence-corrected chi connectivity index (χ3v) is 4.86. The van der Waals surface area contributed by atoms with Gasteiger partial charge >= 0.3 is 0 Å². The molecule has 2 rings (SSSR count). The summed E-state index contributed by atoms with van der Waals surface area (Å²) < 4.78 is 5.24. The van der Waals surface area contributed by atoms with E-state index in [0.717, 1.165) is 24.4 Å². The first-order valence-corrected chi connectivity index (χ1v) is 9.35. The van der Waals surface area contributed by atoms with Gasteiger partial charge in [0, 0.05) is 13.5 Å². The number of carbonyl (C=O) groups is 2. The van der Waals surface area contributed by atoms with Crippen LogP contribution in [0.2, 0.25) is 0 Å². The Morgan fingerprint density at radius 1 is 1.15 bits per heavy atom. The molecule has 144 valence electrons. The molecule has 1 heterocycles. The molecular formula is C20H31N3O3. The van der Waals surface area contributed by atoms with Gasteiger partial charge in [-0.2, -0.15) is 0 Å². The second-order valence-electron chi connectivity index (χ2n) is 7.20. The lowest BCUT2D eigenvalue weighted by Crippen LogP contribution is -2.50. The Bertz CT molecular complexity index is 595. The fraction of sp³-hybridized carbons (Fsp3) is 0.600. The standard InChI is InChI=1S/C20H31N3O3/c1-14(2)19(22-15(3)24)20(25)21-13-18(23-11-5-6-12-23)16-7-9-17(26-4)10-8-16/h7-10,14,18-19H,5-6,11-13H2,1-4H3,(H,21,25)(H,22,24).